The van der Waals surface area contributed by atoms with Crippen molar-refractivity contribution < 1.29 is 0 Å². The van der Waals surface area contributed by atoms with Gasteiger partial charge in [0.25, 0.3) is 0 Å². The molecule has 1 atom stereocenters. The standard InChI is InChI=1S/C19H13N7/c1-2-13-7-14(9-21-8-13)17(3-5-20)26-11-15(10-25-26)18-16-4-6-22-19(16)24-12-23-18/h1,4,6-12,17H,3H2,(H,22,23,24). The van der Waals surface area contributed by atoms with Crippen molar-refractivity contribution in [2.24, 2.45) is 0 Å². The SMILES string of the molecule is C#Cc1cncc(C(CC#N)n2cc(-c3ncnc4[nH]ccc34)cn2)c1. The van der Waals surface area contributed by atoms with Crippen LogP contribution in [0.1, 0.15) is 23.6 Å². The van der Waals surface area contributed by atoms with E-state index in [0.29, 0.717) is 5.56 Å². The number of nitrogens with one attached hydrogen (secondary N) is 1. The fourth-order valence-corrected chi connectivity index (χ4v) is 2.90. The first-order valence-corrected chi connectivity index (χ1v) is 7.91. The second kappa shape index (κ2) is 6.50. The first-order valence-electron chi connectivity index (χ1n) is 7.91. The van der Waals surface area contributed by atoms with Crippen LogP contribution < -0.4 is 0 Å². The largest absolute Gasteiger partial charge is 0.346 e. The van der Waals surface area contributed by atoms with E-state index in [1.165, 1.54) is 6.33 Å². The van der Waals surface area contributed by atoms with Gasteiger partial charge in [-0.3, -0.25) is 9.67 Å². The summed E-state index contributed by atoms with van der Waals surface area (Å²) in [4.78, 5) is 15.8. The number of aromatic nitrogens is 6. The fourth-order valence-electron chi connectivity index (χ4n) is 2.90. The minimum Gasteiger partial charge on any atom is -0.346 e. The lowest BCUT2D eigenvalue weighted by molar-refractivity contribution is 0.531. The predicted molar refractivity (Wildman–Crippen MR) is 95.7 cm³/mol. The molecule has 4 rings (SSSR count). The minimum atomic E-state index is -0.280. The van der Waals surface area contributed by atoms with Crippen molar-refractivity contribution in [3.63, 3.8) is 0 Å². The van der Waals surface area contributed by atoms with E-state index < -0.39 is 0 Å². The summed E-state index contributed by atoms with van der Waals surface area (Å²) in [6.45, 7) is 0. The van der Waals surface area contributed by atoms with Crippen LogP contribution >= 0.6 is 0 Å². The number of nitrogens with zero attached hydrogens (tertiary/aromatic N) is 6. The molecule has 0 spiro atoms. The van der Waals surface area contributed by atoms with Crippen LogP contribution in [0.15, 0.2) is 49.4 Å². The number of hydrogen-bond donors (Lipinski definition) is 1. The monoisotopic (exact) mass is 339 g/mol. The number of hydrogen-bond acceptors (Lipinski definition) is 5. The topological polar surface area (TPSA) is 96.1 Å². The van der Waals surface area contributed by atoms with Gasteiger partial charge in [-0.15, -0.1) is 6.42 Å². The van der Waals surface area contributed by atoms with E-state index in [2.05, 4.69) is 37.0 Å². The second-order valence-corrected chi connectivity index (χ2v) is 5.70. The van der Waals surface area contributed by atoms with Crippen molar-refractivity contribution in [2.75, 3.05) is 0 Å². The highest BCUT2D eigenvalue weighted by Gasteiger charge is 2.17. The van der Waals surface area contributed by atoms with Crippen molar-refractivity contribution in [3.05, 3.63) is 60.6 Å². The van der Waals surface area contributed by atoms with Crippen molar-refractivity contribution in [2.45, 2.75) is 12.5 Å². The van der Waals surface area contributed by atoms with Gasteiger partial charge >= 0.3 is 0 Å². The molecule has 1 unspecified atom stereocenters. The molecule has 1 N–H and O–H groups in total. The third-order valence-electron chi connectivity index (χ3n) is 4.14. The highest BCUT2D eigenvalue weighted by Crippen LogP contribution is 2.27. The summed E-state index contributed by atoms with van der Waals surface area (Å²) in [7, 11) is 0. The summed E-state index contributed by atoms with van der Waals surface area (Å²) in [6, 6.07) is 5.70. The van der Waals surface area contributed by atoms with Gasteiger partial charge in [0, 0.05) is 41.3 Å². The van der Waals surface area contributed by atoms with Gasteiger partial charge in [-0.1, -0.05) is 5.92 Å². The zero-order chi connectivity index (χ0) is 17.9. The Morgan fingerprint density at radius 3 is 3.04 bits per heavy atom. The molecular weight excluding hydrogens is 326 g/mol. The van der Waals surface area contributed by atoms with Gasteiger partial charge in [0.1, 0.15) is 12.0 Å². The molecule has 0 saturated carbocycles. The van der Waals surface area contributed by atoms with Gasteiger partial charge in [0.05, 0.1) is 30.4 Å². The van der Waals surface area contributed by atoms with Crippen molar-refractivity contribution in [1.82, 2.24) is 29.7 Å². The minimum absolute atomic E-state index is 0.250. The number of aromatic amines is 1. The Balaban J connectivity index is 1.76. The van der Waals surface area contributed by atoms with E-state index in [1.807, 2.05) is 24.5 Å². The van der Waals surface area contributed by atoms with Crippen LogP contribution in [-0.2, 0) is 0 Å². The molecule has 0 radical (unpaired) electrons. The summed E-state index contributed by atoms with van der Waals surface area (Å²) in [5.41, 5.74) is 3.91. The van der Waals surface area contributed by atoms with E-state index >= 15 is 0 Å². The lowest BCUT2D eigenvalue weighted by Crippen LogP contribution is -2.11. The van der Waals surface area contributed by atoms with Crippen LogP contribution in [0.3, 0.4) is 0 Å². The fraction of sp³-hybridized carbons (Fsp3) is 0.105. The Morgan fingerprint density at radius 1 is 1.27 bits per heavy atom. The number of nitriles is 1. The molecular formula is C19H13N7. The smallest absolute Gasteiger partial charge is 0.141 e. The summed E-state index contributed by atoms with van der Waals surface area (Å²) >= 11 is 0. The van der Waals surface area contributed by atoms with Crippen LogP contribution in [0.4, 0.5) is 0 Å². The molecule has 124 valence electrons. The van der Waals surface area contributed by atoms with E-state index in [1.54, 1.807) is 23.3 Å². The molecule has 0 saturated heterocycles. The predicted octanol–water partition coefficient (Wildman–Crippen LogP) is 2.70. The van der Waals surface area contributed by atoms with Crippen LogP contribution in [0.5, 0.6) is 0 Å². The van der Waals surface area contributed by atoms with Gasteiger partial charge in [-0.05, 0) is 17.7 Å². The van der Waals surface area contributed by atoms with E-state index in [-0.39, 0.29) is 12.5 Å². The molecule has 4 aromatic heterocycles. The maximum atomic E-state index is 9.25. The molecule has 4 heterocycles. The Morgan fingerprint density at radius 2 is 2.19 bits per heavy atom. The second-order valence-electron chi connectivity index (χ2n) is 5.70. The first-order chi connectivity index (χ1) is 12.8. The molecule has 4 aromatic rings. The third kappa shape index (κ3) is 2.68. The molecule has 0 fully saturated rings. The molecule has 7 nitrogen and oxygen atoms in total. The van der Waals surface area contributed by atoms with Gasteiger partial charge in [-0.2, -0.15) is 10.4 Å². The number of rotatable bonds is 4. The van der Waals surface area contributed by atoms with Crippen molar-refractivity contribution in [1.29, 1.82) is 5.26 Å². The maximum absolute atomic E-state index is 9.25. The molecule has 0 aliphatic carbocycles. The first kappa shape index (κ1) is 15.6. The summed E-state index contributed by atoms with van der Waals surface area (Å²) in [5, 5.41) is 14.6. The average molecular weight is 339 g/mol. The molecule has 0 aliphatic rings. The van der Waals surface area contributed by atoms with Crippen LogP contribution in [-0.4, -0.2) is 29.7 Å². The highest BCUT2D eigenvalue weighted by molar-refractivity contribution is 5.89. The summed E-state index contributed by atoms with van der Waals surface area (Å²) in [5.74, 6) is 2.57. The lowest BCUT2D eigenvalue weighted by Gasteiger charge is -2.14. The highest BCUT2D eigenvalue weighted by atomic mass is 15.3. The maximum Gasteiger partial charge on any atom is 0.141 e. The van der Waals surface area contributed by atoms with Gasteiger partial charge in [0.15, 0.2) is 0 Å². The molecule has 0 aromatic carbocycles. The Kier molecular flexibility index (Phi) is 3.89. The Labute approximate surface area is 149 Å². The number of H-pyrrole nitrogens is 1. The van der Waals surface area contributed by atoms with E-state index in [0.717, 1.165) is 27.9 Å². The van der Waals surface area contributed by atoms with Gasteiger partial charge in [0.2, 0.25) is 0 Å². The summed E-state index contributed by atoms with van der Waals surface area (Å²) in [6.07, 6.45) is 16.0. The third-order valence-corrected chi connectivity index (χ3v) is 4.14. The van der Waals surface area contributed by atoms with Crippen molar-refractivity contribution in [3.8, 4) is 29.7 Å². The van der Waals surface area contributed by atoms with E-state index in [4.69, 9.17) is 6.42 Å². The average Bonchev–Trinajstić information content (AvgIpc) is 3.35. The number of terminal acetylenes is 1. The molecule has 0 bridgehead atoms. The lowest BCUT2D eigenvalue weighted by atomic mass is 10.0. The normalized spacial score (nSPS) is 11.8. The molecule has 0 amide bonds. The number of pyridine rings is 1. The van der Waals surface area contributed by atoms with E-state index in [9.17, 15) is 5.26 Å². The van der Waals surface area contributed by atoms with Crippen molar-refractivity contribution >= 4 is 11.0 Å². The van der Waals surface area contributed by atoms with Gasteiger partial charge < -0.3 is 4.98 Å². The van der Waals surface area contributed by atoms with Crippen LogP contribution in [0.2, 0.25) is 0 Å². The number of fused-ring (bicyclic) bond motifs is 1. The zero-order valence-corrected chi connectivity index (χ0v) is 13.7. The quantitative estimate of drug-likeness (QED) is 0.577. The molecule has 26 heavy (non-hydrogen) atoms. The van der Waals surface area contributed by atoms with Crippen LogP contribution in [0, 0.1) is 23.7 Å². The molecule has 7 heteroatoms. The Hall–Kier alpha value is -3.97. The summed E-state index contributed by atoms with van der Waals surface area (Å²) < 4.78 is 1.75. The van der Waals surface area contributed by atoms with Gasteiger partial charge in [-0.25, -0.2) is 9.97 Å². The molecule has 0 aliphatic heterocycles. The zero-order valence-electron chi connectivity index (χ0n) is 13.7. The van der Waals surface area contributed by atoms with Crippen LogP contribution in [0.25, 0.3) is 22.3 Å². The Bertz CT molecular complexity index is 1160.